The number of halogens is 1. The number of nitrogens with zero attached hydrogens (tertiary/aromatic N) is 1. The van der Waals surface area contributed by atoms with Crippen molar-refractivity contribution >= 4 is 25.8 Å². The van der Waals surface area contributed by atoms with E-state index in [4.69, 9.17) is 4.74 Å². The number of aromatic nitrogens is 2. The summed E-state index contributed by atoms with van der Waals surface area (Å²) in [5.41, 5.74) is 4.10. The van der Waals surface area contributed by atoms with Crippen LogP contribution in [0.4, 0.5) is 0 Å². The number of aromatic amines is 1. The second-order valence-electron chi connectivity index (χ2n) is 7.87. The van der Waals surface area contributed by atoms with Gasteiger partial charge in [-0.2, -0.15) is 0 Å². The van der Waals surface area contributed by atoms with E-state index in [0.29, 0.717) is 10.8 Å². The Morgan fingerprint density at radius 1 is 1.10 bits per heavy atom. The van der Waals surface area contributed by atoms with Crippen molar-refractivity contribution in [2.45, 2.75) is 30.1 Å². The summed E-state index contributed by atoms with van der Waals surface area (Å²) in [5, 5.41) is 0. The molecule has 7 heteroatoms. The van der Waals surface area contributed by atoms with E-state index in [9.17, 15) is 8.42 Å². The Bertz CT molecular complexity index is 1090. The lowest BCUT2D eigenvalue weighted by molar-refractivity contribution is 0.0626. The first-order chi connectivity index (χ1) is 14.4. The number of pyridine rings is 1. The number of sulfone groups is 1. The average molecular weight is 489 g/mol. The number of ether oxygens (including phenoxy) is 1. The van der Waals surface area contributed by atoms with Crippen molar-refractivity contribution in [3.8, 4) is 11.4 Å². The van der Waals surface area contributed by atoms with Gasteiger partial charge in [0.1, 0.15) is 0 Å². The highest BCUT2D eigenvalue weighted by molar-refractivity contribution is 9.10. The maximum absolute atomic E-state index is 11.9. The molecule has 0 aliphatic carbocycles. The van der Waals surface area contributed by atoms with Crippen LogP contribution in [0.3, 0.4) is 0 Å². The van der Waals surface area contributed by atoms with Crippen molar-refractivity contribution in [1.82, 2.24) is 9.97 Å². The van der Waals surface area contributed by atoms with E-state index < -0.39 is 9.84 Å². The van der Waals surface area contributed by atoms with E-state index in [0.717, 1.165) is 59.6 Å². The number of hydrogen-bond acceptors (Lipinski definition) is 4. The molecule has 0 spiro atoms. The van der Waals surface area contributed by atoms with E-state index in [1.165, 1.54) is 6.26 Å². The van der Waals surface area contributed by atoms with E-state index in [-0.39, 0.29) is 5.92 Å². The Morgan fingerprint density at radius 2 is 1.83 bits per heavy atom. The SMILES string of the molecule is CS(=O)(=O)c1ccc(C(CC2CCOCC2)c2ccc(-c3ccc(Br)cn3)[nH]2)cc1. The number of hydrogen-bond donors (Lipinski definition) is 1. The third-order valence-electron chi connectivity index (χ3n) is 5.71. The number of benzene rings is 1. The third-order valence-corrected chi connectivity index (χ3v) is 7.31. The van der Waals surface area contributed by atoms with Gasteiger partial charge < -0.3 is 9.72 Å². The van der Waals surface area contributed by atoms with Gasteiger partial charge in [-0.15, -0.1) is 0 Å². The lowest BCUT2D eigenvalue weighted by Gasteiger charge is -2.27. The summed E-state index contributed by atoms with van der Waals surface area (Å²) in [6.07, 6.45) is 6.14. The van der Waals surface area contributed by atoms with Crippen LogP contribution >= 0.6 is 15.9 Å². The second kappa shape index (κ2) is 9.04. The average Bonchev–Trinajstić information content (AvgIpc) is 3.23. The Balaban J connectivity index is 1.65. The first kappa shape index (κ1) is 21.3. The molecule has 0 saturated carbocycles. The van der Waals surface area contributed by atoms with Crippen LogP contribution in [0.25, 0.3) is 11.4 Å². The first-order valence-corrected chi connectivity index (χ1v) is 12.8. The van der Waals surface area contributed by atoms with Crippen molar-refractivity contribution in [2.75, 3.05) is 19.5 Å². The zero-order chi connectivity index (χ0) is 21.1. The van der Waals surface area contributed by atoms with Crippen molar-refractivity contribution in [3.63, 3.8) is 0 Å². The summed E-state index contributed by atoms with van der Waals surface area (Å²) in [4.78, 5) is 8.39. The largest absolute Gasteiger partial charge is 0.381 e. The Kier molecular flexibility index (Phi) is 6.41. The molecule has 1 aromatic carbocycles. The lowest BCUT2D eigenvalue weighted by atomic mass is 9.83. The second-order valence-corrected chi connectivity index (χ2v) is 10.8. The molecule has 4 rings (SSSR count). The summed E-state index contributed by atoms with van der Waals surface area (Å²) < 4.78 is 30.2. The monoisotopic (exact) mass is 488 g/mol. The zero-order valence-electron chi connectivity index (χ0n) is 16.8. The standard InChI is InChI=1S/C23H25BrN2O3S/c1-30(27,28)19-5-2-17(3-6-19)20(14-16-10-12-29-13-11-16)21-8-9-23(26-21)22-7-4-18(24)15-25-22/h2-9,15-16,20,26H,10-14H2,1H3. The van der Waals surface area contributed by atoms with Crippen LogP contribution in [-0.2, 0) is 14.6 Å². The van der Waals surface area contributed by atoms with Crippen LogP contribution in [0.2, 0.25) is 0 Å². The van der Waals surface area contributed by atoms with E-state index in [2.05, 4.69) is 38.0 Å². The number of nitrogens with one attached hydrogen (secondary N) is 1. The van der Waals surface area contributed by atoms with Crippen LogP contribution in [0, 0.1) is 5.92 Å². The summed E-state index contributed by atoms with van der Waals surface area (Å²) in [5.74, 6) is 0.738. The summed E-state index contributed by atoms with van der Waals surface area (Å²) in [6.45, 7) is 1.62. The Hall–Kier alpha value is -1.96. The molecule has 5 nitrogen and oxygen atoms in total. The van der Waals surface area contributed by atoms with Crippen LogP contribution < -0.4 is 0 Å². The molecular weight excluding hydrogens is 464 g/mol. The maximum atomic E-state index is 11.9. The lowest BCUT2D eigenvalue weighted by Crippen LogP contribution is -2.18. The molecule has 2 aromatic heterocycles. The Morgan fingerprint density at radius 3 is 2.47 bits per heavy atom. The molecule has 1 saturated heterocycles. The highest BCUT2D eigenvalue weighted by atomic mass is 79.9. The van der Waals surface area contributed by atoms with E-state index >= 15 is 0 Å². The molecule has 1 aliphatic heterocycles. The molecule has 1 atom stereocenters. The predicted octanol–water partition coefficient (Wildman–Crippen LogP) is 5.19. The van der Waals surface area contributed by atoms with Crippen molar-refractivity contribution in [3.05, 3.63) is 70.5 Å². The smallest absolute Gasteiger partial charge is 0.175 e. The van der Waals surface area contributed by atoms with Gasteiger partial charge in [0.15, 0.2) is 9.84 Å². The van der Waals surface area contributed by atoms with Gasteiger partial charge in [-0.3, -0.25) is 4.98 Å². The van der Waals surface area contributed by atoms with Crippen molar-refractivity contribution in [1.29, 1.82) is 0 Å². The summed E-state index contributed by atoms with van der Waals surface area (Å²) in [6, 6.07) is 15.4. The molecule has 30 heavy (non-hydrogen) atoms. The maximum Gasteiger partial charge on any atom is 0.175 e. The normalized spacial score (nSPS) is 16.5. The van der Waals surface area contributed by atoms with E-state index in [1.807, 2.05) is 24.3 Å². The van der Waals surface area contributed by atoms with Gasteiger partial charge in [0.25, 0.3) is 0 Å². The van der Waals surface area contributed by atoms with Gasteiger partial charge in [0.05, 0.1) is 16.3 Å². The molecule has 1 aliphatic rings. The van der Waals surface area contributed by atoms with Crippen LogP contribution in [0.1, 0.15) is 36.4 Å². The molecule has 3 heterocycles. The highest BCUT2D eigenvalue weighted by Crippen LogP contribution is 2.35. The minimum absolute atomic E-state index is 0.158. The first-order valence-electron chi connectivity index (χ1n) is 10.1. The minimum Gasteiger partial charge on any atom is -0.381 e. The molecule has 1 fully saturated rings. The fourth-order valence-corrected chi connectivity index (χ4v) is 4.87. The molecule has 1 N–H and O–H groups in total. The highest BCUT2D eigenvalue weighted by Gasteiger charge is 2.24. The van der Waals surface area contributed by atoms with Crippen molar-refractivity contribution < 1.29 is 13.2 Å². The molecule has 1 unspecified atom stereocenters. The zero-order valence-corrected chi connectivity index (χ0v) is 19.2. The summed E-state index contributed by atoms with van der Waals surface area (Å²) >= 11 is 3.43. The number of H-pyrrole nitrogens is 1. The van der Waals surface area contributed by atoms with Crippen LogP contribution in [0.15, 0.2) is 64.1 Å². The molecular formula is C23H25BrN2O3S. The minimum atomic E-state index is -3.21. The molecule has 158 valence electrons. The third kappa shape index (κ3) is 5.02. The van der Waals surface area contributed by atoms with Crippen LogP contribution in [-0.4, -0.2) is 37.9 Å². The van der Waals surface area contributed by atoms with Gasteiger partial charge >= 0.3 is 0 Å². The predicted molar refractivity (Wildman–Crippen MR) is 121 cm³/mol. The quantitative estimate of drug-likeness (QED) is 0.517. The molecule has 0 bridgehead atoms. The fourth-order valence-electron chi connectivity index (χ4n) is 4.01. The van der Waals surface area contributed by atoms with Gasteiger partial charge in [-0.25, -0.2) is 8.42 Å². The van der Waals surface area contributed by atoms with E-state index in [1.54, 1.807) is 18.3 Å². The van der Waals surface area contributed by atoms with Crippen molar-refractivity contribution in [2.24, 2.45) is 5.92 Å². The number of rotatable bonds is 6. The van der Waals surface area contributed by atoms with Crippen LogP contribution in [0.5, 0.6) is 0 Å². The van der Waals surface area contributed by atoms with Gasteiger partial charge in [-0.05, 0) is 83.1 Å². The molecule has 0 radical (unpaired) electrons. The topological polar surface area (TPSA) is 72.1 Å². The summed E-state index contributed by atoms with van der Waals surface area (Å²) in [7, 11) is -3.21. The molecule has 3 aromatic rings. The van der Waals surface area contributed by atoms with Gasteiger partial charge in [0, 0.05) is 41.8 Å². The Labute approximate surface area is 185 Å². The molecule has 0 amide bonds. The van der Waals surface area contributed by atoms with Gasteiger partial charge in [-0.1, -0.05) is 12.1 Å². The van der Waals surface area contributed by atoms with Gasteiger partial charge in [0.2, 0.25) is 0 Å². The fraction of sp³-hybridized carbons (Fsp3) is 0.348.